The standard InChI is InChI=1S/C17H19ClFN3/c18-17-11-16(5-8-20-17)21-15-6-9-22(10-7-15)12-13-1-3-14(19)4-2-13/h1-5,8,11,15H,6-7,9-10,12H2,(H,20,21). The molecule has 0 amide bonds. The first-order chi connectivity index (χ1) is 10.7. The molecule has 0 saturated carbocycles. The molecule has 1 N–H and O–H groups in total. The molecule has 1 aromatic carbocycles. The summed E-state index contributed by atoms with van der Waals surface area (Å²) >= 11 is 5.90. The van der Waals surface area contributed by atoms with Gasteiger partial charge in [0, 0.05) is 37.6 Å². The summed E-state index contributed by atoms with van der Waals surface area (Å²) in [6.45, 7) is 2.95. The molecule has 0 spiro atoms. The van der Waals surface area contributed by atoms with E-state index < -0.39 is 0 Å². The van der Waals surface area contributed by atoms with E-state index >= 15 is 0 Å². The molecular weight excluding hydrogens is 301 g/mol. The molecule has 5 heteroatoms. The van der Waals surface area contributed by atoms with E-state index in [9.17, 15) is 4.39 Å². The quantitative estimate of drug-likeness (QED) is 0.865. The van der Waals surface area contributed by atoms with Gasteiger partial charge in [-0.25, -0.2) is 9.37 Å². The van der Waals surface area contributed by atoms with E-state index in [0.717, 1.165) is 43.7 Å². The van der Waals surface area contributed by atoms with Crippen molar-refractivity contribution in [2.45, 2.75) is 25.4 Å². The lowest BCUT2D eigenvalue weighted by molar-refractivity contribution is 0.211. The summed E-state index contributed by atoms with van der Waals surface area (Å²) in [6.07, 6.45) is 3.89. The molecule has 1 aliphatic rings. The van der Waals surface area contributed by atoms with Gasteiger partial charge in [-0.3, -0.25) is 4.90 Å². The highest BCUT2D eigenvalue weighted by Crippen LogP contribution is 2.19. The van der Waals surface area contributed by atoms with E-state index in [1.165, 1.54) is 12.1 Å². The number of rotatable bonds is 4. The van der Waals surface area contributed by atoms with Crippen LogP contribution in [0.1, 0.15) is 18.4 Å². The molecule has 0 atom stereocenters. The van der Waals surface area contributed by atoms with Crippen LogP contribution in [0.2, 0.25) is 5.15 Å². The molecule has 1 fully saturated rings. The minimum absolute atomic E-state index is 0.178. The number of nitrogens with one attached hydrogen (secondary N) is 1. The number of hydrogen-bond acceptors (Lipinski definition) is 3. The van der Waals surface area contributed by atoms with E-state index in [2.05, 4.69) is 15.2 Å². The highest BCUT2D eigenvalue weighted by molar-refractivity contribution is 6.29. The number of benzene rings is 1. The van der Waals surface area contributed by atoms with Gasteiger partial charge in [0.1, 0.15) is 11.0 Å². The zero-order chi connectivity index (χ0) is 15.4. The third kappa shape index (κ3) is 4.18. The smallest absolute Gasteiger partial charge is 0.131 e. The molecule has 116 valence electrons. The Labute approximate surface area is 135 Å². The van der Waals surface area contributed by atoms with E-state index in [1.807, 2.05) is 24.3 Å². The van der Waals surface area contributed by atoms with E-state index in [-0.39, 0.29) is 5.82 Å². The Morgan fingerprint density at radius 2 is 1.91 bits per heavy atom. The fourth-order valence-electron chi connectivity index (χ4n) is 2.81. The van der Waals surface area contributed by atoms with Crippen LogP contribution in [0.25, 0.3) is 0 Å². The van der Waals surface area contributed by atoms with Crippen LogP contribution in [0.5, 0.6) is 0 Å². The SMILES string of the molecule is Fc1ccc(CN2CCC(Nc3ccnc(Cl)c3)CC2)cc1. The highest BCUT2D eigenvalue weighted by Gasteiger charge is 2.19. The number of likely N-dealkylation sites (tertiary alicyclic amines) is 1. The Balaban J connectivity index is 1.49. The Kier molecular flexibility index (Phi) is 4.90. The van der Waals surface area contributed by atoms with Crippen LogP contribution in [-0.2, 0) is 6.54 Å². The number of halogens is 2. The van der Waals surface area contributed by atoms with Crippen molar-refractivity contribution in [2.24, 2.45) is 0 Å². The van der Waals surface area contributed by atoms with Gasteiger partial charge in [-0.2, -0.15) is 0 Å². The molecule has 0 bridgehead atoms. The number of nitrogens with zero attached hydrogens (tertiary/aromatic N) is 2. The van der Waals surface area contributed by atoms with Gasteiger partial charge in [0.15, 0.2) is 0 Å². The fraction of sp³-hybridized carbons (Fsp3) is 0.353. The van der Waals surface area contributed by atoms with Crippen LogP contribution in [0.3, 0.4) is 0 Å². The summed E-state index contributed by atoms with van der Waals surface area (Å²) in [4.78, 5) is 6.40. The van der Waals surface area contributed by atoms with Crippen LogP contribution in [0.15, 0.2) is 42.6 Å². The molecule has 1 saturated heterocycles. The van der Waals surface area contributed by atoms with Gasteiger partial charge in [-0.1, -0.05) is 23.7 Å². The van der Waals surface area contributed by atoms with Gasteiger partial charge in [0.05, 0.1) is 0 Å². The monoisotopic (exact) mass is 319 g/mol. The van der Waals surface area contributed by atoms with Gasteiger partial charge < -0.3 is 5.32 Å². The first-order valence-corrected chi connectivity index (χ1v) is 7.92. The molecule has 22 heavy (non-hydrogen) atoms. The summed E-state index contributed by atoms with van der Waals surface area (Å²) in [7, 11) is 0. The summed E-state index contributed by atoms with van der Waals surface area (Å²) in [5.41, 5.74) is 2.19. The van der Waals surface area contributed by atoms with E-state index in [1.54, 1.807) is 6.20 Å². The van der Waals surface area contributed by atoms with Crippen LogP contribution in [-0.4, -0.2) is 29.0 Å². The maximum Gasteiger partial charge on any atom is 0.131 e. The van der Waals surface area contributed by atoms with Crippen molar-refractivity contribution in [2.75, 3.05) is 18.4 Å². The van der Waals surface area contributed by atoms with Crippen LogP contribution < -0.4 is 5.32 Å². The molecule has 3 nitrogen and oxygen atoms in total. The number of anilines is 1. The first kappa shape index (κ1) is 15.3. The van der Waals surface area contributed by atoms with Crippen molar-refractivity contribution < 1.29 is 4.39 Å². The number of piperidine rings is 1. The van der Waals surface area contributed by atoms with Gasteiger partial charge >= 0.3 is 0 Å². The second-order valence-electron chi connectivity index (χ2n) is 5.69. The van der Waals surface area contributed by atoms with E-state index in [0.29, 0.717) is 11.2 Å². The first-order valence-electron chi connectivity index (χ1n) is 7.54. The average Bonchev–Trinajstić information content (AvgIpc) is 2.52. The molecule has 3 rings (SSSR count). The summed E-state index contributed by atoms with van der Waals surface area (Å²) in [5.74, 6) is -0.178. The highest BCUT2D eigenvalue weighted by atomic mass is 35.5. The van der Waals surface area contributed by atoms with Gasteiger partial charge in [0.2, 0.25) is 0 Å². The minimum atomic E-state index is -0.178. The molecule has 0 aliphatic carbocycles. The summed E-state index contributed by atoms with van der Waals surface area (Å²) in [6, 6.07) is 11.0. The van der Waals surface area contributed by atoms with Gasteiger partial charge in [0.25, 0.3) is 0 Å². The van der Waals surface area contributed by atoms with Gasteiger partial charge in [-0.05, 0) is 42.7 Å². The van der Waals surface area contributed by atoms with Gasteiger partial charge in [-0.15, -0.1) is 0 Å². The number of hydrogen-bond donors (Lipinski definition) is 1. The van der Waals surface area contributed by atoms with Crippen molar-refractivity contribution >= 4 is 17.3 Å². The van der Waals surface area contributed by atoms with Crippen molar-refractivity contribution in [3.8, 4) is 0 Å². The van der Waals surface area contributed by atoms with Crippen LogP contribution in [0, 0.1) is 5.82 Å². The topological polar surface area (TPSA) is 28.2 Å². The number of pyridine rings is 1. The molecule has 1 aliphatic heterocycles. The fourth-order valence-corrected chi connectivity index (χ4v) is 2.99. The second kappa shape index (κ2) is 7.07. The average molecular weight is 320 g/mol. The lowest BCUT2D eigenvalue weighted by Gasteiger charge is -2.32. The molecule has 1 aromatic heterocycles. The Morgan fingerprint density at radius 3 is 2.59 bits per heavy atom. The predicted molar refractivity (Wildman–Crippen MR) is 87.6 cm³/mol. The Bertz CT molecular complexity index is 610. The normalized spacial score (nSPS) is 16.6. The maximum atomic E-state index is 12.9. The third-order valence-electron chi connectivity index (χ3n) is 4.00. The maximum absolute atomic E-state index is 12.9. The Morgan fingerprint density at radius 1 is 1.18 bits per heavy atom. The molecular formula is C17H19ClFN3. The summed E-state index contributed by atoms with van der Waals surface area (Å²) in [5, 5.41) is 4.03. The second-order valence-corrected chi connectivity index (χ2v) is 6.08. The summed E-state index contributed by atoms with van der Waals surface area (Å²) < 4.78 is 12.9. The van der Waals surface area contributed by atoms with Crippen molar-refractivity contribution in [3.05, 3.63) is 59.1 Å². The van der Waals surface area contributed by atoms with E-state index in [4.69, 9.17) is 11.6 Å². The van der Waals surface area contributed by atoms with Crippen molar-refractivity contribution in [1.82, 2.24) is 9.88 Å². The lowest BCUT2D eigenvalue weighted by Crippen LogP contribution is -2.38. The third-order valence-corrected chi connectivity index (χ3v) is 4.21. The van der Waals surface area contributed by atoms with Crippen LogP contribution >= 0.6 is 11.6 Å². The lowest BCUT2D eigenvalue weighted by atomic mass is 10.0. The molecule has 0 unspecified atom stereocenters. The molecule has 0 radical (unpaired) electrons. The van der Waals surface area contributed by atoms with Crippen LogP contribution in [0.4, 0.5) is 10.1 Å². The largest absolute Gasteiger partial charge is 0.382 e. The number of aromatic nitrogens is 1. The van der Waals surface area contributed by atoms with Crippen molar-refractivity contribution in [1.29, 1.82) is 0 Å². The molecule has 2 heterocycles. The zero-order valence-corrected chi connectivity index (χ0v) is 13.1. The van der Waals surface area contributed by atoms with Crippen molar-refractivity contribution in [3.63, 3.8) is 0 Å². The zero-order valence-electron chi connectivity index (χ0n) is 12.3. The molecule has 2 aromatic rings. The minimum Gasteiger partial charge on any atom is -0.382 e. The predicted octanol–water partition coefficient (Wildman–Crippen LogP) is 3.95. The Hall–Kier alpha value is -1.65.